The van der Waals surface area contributed by atoms with E-state index in [-0.39, 0.29) is 11.6 Å². The van der Waals surface area contributed by atoms with Gasteiger partial charge in [0, 0.05) is 45.0 Å². The summed E-state index contributed by atoms with van der Waals surface area (Å²) >= 11 is 0. The highest BCUT2D eigenvalue weighted by Gasteiger charge is 2.55. The molecule has 0 radical (unpaired) electrons. The molecular weight excluding hydrogens is 809 g/mol. The number of aryl methyl sites for hydroxylation is 6. The zero-order chi connectivity index (χ0) is 45.0. The van der Waals surface area contributed by atoms with E-state index in [1.807, 2.05) is 36.4 Å². The summed E-state index contributed by atoms with van der Waals surface area (Å²) in [4.78, 5) is 50.5. The van der Waals surface area contributed by atoms with Crippen LogP contribution in [0, 0.1) is 41.5 Å². The largest absolute Gasteiger partial charge is 0.357 e. The SMILES string of the molecule is Cc1cc(C)c(C2=C3C=CC(=N3)[C@]3(C(=O)c4cccc5cccc3c45)c3ccc([nH]3)/C(c3c(C)cc(C)cc3C)=C3/C=CC(=N3)[C@]3(C(=O)c4cccc5cccc3c45)c3ccc2[nH]3)c(C)c1. The predicted octanol–water partition coefficient (Wildman–Crippen LogP) is 12.7. The van der Waals surface area contributed by atoms with Crippen LogP contribution in [0.4, 0.5) is 0 Å². The van der Waals surface area contributed by atoms with Gasteiger partial charge in [-0.1, -0.05) is 108 Å². The molecule has 316 valence electrons. The summed E-state index contributed by atoms with van der Waals surface area (Å²) in [6, 6.07) is 41.7. The monoisotopic (exact) mass is 852 g/mol. The van der Waals surface area contributed by atoms with Crippen molar-refractivity contribution in [2.45, 2.75) is 52.4 Å². The average molecular weight is 853 g/mol. The number of carbonyl (C=O) groups is 2. The lowest BCUT2D eigenvalue weighted by Crippen LogP contribution is -2.41. The number of hydrogen-bond acceptors (Lipinski definition) is 4. The van der Waals surface area contributed by atoms with E-state index in [9.17, 15) is 0 Å². The Hall–Kier alpha value is -7.96. The molecule has 2 spiro atoms. The van der Waals surface area contributed by atoms with Crippen LogP contribution in [-0.4, -0.2) is 33.0 Å². The van der Waals surface area contributed by atoms with Gasteiger partial charge in [0.15, 0.2) is 11.6 Å². The number of benzene rings is 6. The zero-order valence-corrected chi connectivity index (χ0v) is 37.6. The molecule has 6 nitrogen and oxygen atoms in total. The van der Waals surface area contributed by atoms with Crippen molar-refractivity contribution in [1.29, 1.82) is 0 Å². The number of fused-ring (bicyclic) bond motifs is 12. The Bertz CT molecular complexity index is 3510. The van der Waals surface area contributed by atoms with Crippen LogP contribution in [0.25, 0.3) is 32.7 Å². The molecule has 3 aliphatic heterocycles. The summed E-state index contributed by atoms with van der Waals surface area (Å²) in [6.07, 6.45) is 8.22. The van der Waals surface area contributed by atoms with Gasteiger partial charge in [0.05, 0.1) is 22.8 Å². The minimum atomic E-state index is -1.29. The first-order chi connectivity index (χ1) is 32.0. The van der Waals surface area contributed by atoms with Gasteiger partial charge >= 0.3 is 0 Å². The number of rotatable bonds is 2. The molecular formula is C60H44N4O2. The molecule has 66 heavy (non-hydrogen) atoms. The van der Waals surface area contributed by atoms with E-state index in [1.54, 1.807) is 0 Å². The third-order valence-corrected chi connectivity index (χ3v) is 14.9. The topological polar surface area (TPSA) is 90.4 Å². The van der Waals surface area contributed by atoms with E-state index in [2.05, 4.69) is 161 Å². The summed E-state index contributed by atoms with van der Waals surface area (Å²) in [5.74, 6) is -0.0402. The molecule has 5 heterocycles. The number of aromatic nitrogens is 2. The second-order valence-electron chi connectivity index (χ2n) is 18.9. The third kappa shape index (κ3) is 4.80. The number of nitrogens with zero attached hydrogens (tertiary/aromatic N) is 2. The van der Waals surface area contributed by atoms with Crippen molar-refractivity contribution in [1.82, 2.24) is 9.97 Å². The fraction of sp³-hybridized carbons (Fsp3) is 0.133. The number of Topliss-reactive ketones (excluding diaryl/α,β-unsaturated/α-hetero) is 2. The standard InChI is InChI=1S/C60H44N4O2/c1-31-27-33(3)51(34(4)28-31)55-43-19-23-47(61-43)59(41-17-9-13-37-11-7-15-39(53(37)41)57(59)65)49-25-21-45(63-49)56(52-35(5)29-32(2)30-36(52)6)46-22-26-50(64-46)60(48-24-20-44(55)62-48)42-18-10-14-38-12-8-16-40(54(38)42)58(60)66/h7-30,61,64H,1-6H3/b55-44+,56-45?/t59-,60+/m1/s1. The molecule has 5 aliphatic rings. The highest BCUT2D eigenvalue weighted by Crippen LogP contribution is 2.53. The van der Waals surface area contributed by atoms with Crippen molar-refractivity contribution < 1.29 is 9.59 Å². The van der Waals surface area contributed by atoms with Gasteiger partial charge in [-0.05, 0) is 156 Å². The molecule has 2 atom stereocenters. The van der Waals surface area contributed by atoms with Gasteiger partial charge in [0.2, 0.25) is 0 Å². The predicted molar refractivity (Wildman–Crippen MR) is 266 cm³/mol. The minimum Gasteiger partial charge on any atom is -0.357 e. The molecule has 2 aliphatic carbocycles. The second kappa shape index (κ2) is 13.3. The van der Waals surface area contributed by atoms with E-state index in [1.165, 1.54) is 11.1 Å². The van der Waals surface area contributed by atoms with E-state index in [0.717, 1.165) is 111 Å². The number of nitrogens with one attached hydrogen (secondary N) is 2. The maximum atomic E-state index is 15.7. The summed E-state index contributed by atoms with van der Waals surface area (Å²) in [5, 5.41) is 3.92. The van der Waals surface area contributed by atoms with Gasteiger partial charge in [0.25, 0.3) is 0 Å². The van der Waals surface area contributed by atoms with Crippen molar-refractivity contribution in [2.24, 2.45) is 9.98 Å². The number of allylic oxidation sites excluding steroid dienone is 4. The molecule has 0 fully saturated rings. The van der Waals surface area contributed by atoms with Crippen LogP contribution in [0.2, 0.25) is 0 Å². The van der Waals surface area contributed by atoms with Gasteiger partial charge in [-0.2, -0.15) is 0 Å². The summed E-state index contributed by atoms with van der Waals surface area (Å²) < 4.78 is 0. The van der Waals surface area contributed by atoms with E-state index in [4.69, 9.17) is 9.98 Å². The van der Waals surface area contributed by atoms with Crippen LogP contribution in [0.1, 0.15) is 99.1 Å². The minimum absolute atomic E-state index is 0.0201. The van der Waals surface area contributed by atoms with Gasteiger partial charge < -0.3 is 9.97 Å². The van der Waals surface area contributed by atoms with E-state index in [0.29, 0.717) is 22.6 Å². The van der Waals surface area contributed by atoms with Crippen molar-refractivity contribution in [2.75, 3.05) is 0 Å². The molecule has 6 heteroatoms. The van der Waals surface area contributed by atoms with Crippen LogP contribution in [-0.2, 0) is 10.8 Å². The van der Waals surface area contributed by atoms with Gasteiger partial charge in [-0.25, -0.2) is 0 Å². The first kappa shape index (κ1) is 38.5. The van der Waals surface area contributed by atoms with Crippen LogP contribution in [0.5, 0.6) is 0 Å². The maximum absolute atomic E-state index is 15.7. The Kier molecular flexibility index (Phi) is 7.76. The number of H-pyrrole nitrogens is 2. The fourth-order valence-electron chi connectivity index (χ4n) is 12.5. The van der Waals surface area contributed by atoms with Crippen molar-refractivity contribution in [3.05, 3.63) is 247 Å². The molecule has 13 rings (SSSR count). The number of carbonyl (C=O) groups excluding carboxylic acids is 2. The first-order valence-electron chi connectivity index (χ1n) is 22.7. The van der Waals surface area contributed by atoms with Gasteiger partial charge in [-0.15, -0.1) is 0 Å². The van der Waals surface area contributed by atoms with E-state index >= 15 is 9.59 Å². The van der Waals surface area contributed by atoms with Crippen molar-refractivity contribution in [3.63, 3.8) is 0 Å². The Morgan fingerprint density at radius 2 is 0.818 bits per heavy atom. The Balaban J connectivity index is 1.19. The number of aromatic amines is 2. The molecule has 8 aromatic rings. The molecule has 6 aromatic carbocycles. The Morgan fingerprint density at radius 3 is 1.21 bits per heavy atom. The van der Waals surface area contributed by atoms with Crippen LogP contribution in [0.3, 0.4) is 0 Å². The quantitative estimate of drug-likeness (QED) is 0.181. The Labute approximate surface area is 382 Å². The third-order valence-electron chi connectivity index (χ3n) is 14.9. The molecule has 0 unspecified atom stereocenters. The molecule has 2 aromatic heterocycles. The highest BCUT2D eigenvalue weighted by molar-refractivity contribution is 6.36. The van der Waals surface area contributed by atoms with Crippen LogP contribution < -0.4 is 0 Å². The van der Waals surface area contributed by atoms with Gasteiger partial charge in [0.1, 0.15) is 10.8 Å². The molecule has 2 N–H and O–H groups in total. The normalized spacial score (nSPS) is 21.2. The number of aliphatic imine (C=N–C) groups is 2. The van der Waals surface area contributed by atoms with Crippen molar-refractivity contribution >= 4 is 55.7 Å². The highest BCUT2D eigenvalue weighted by atomic mass is 16.1. The smallest absolute Gasteiger partial charge is 0.186 e. The van der Waals surface area contributed by atoms with Crippen LogP contribution >= 0.6 is 0 Å². The fourth-order valence-corrected chi connectivity index (χ4v) is 12.5. The molecule has 0 saturated heterocycles. The summed E-state index contributed by atoms with van der Waals surface area (Å²) in [5.41, 5.74) is 17.0. The van der Waals surface area contributed by atoms with Gasteiger partial charge in [-0.3, -0.25) is 19.6 Å². The lowest BCUT2D eigenvalue weighted by molar-refractivity contribution is 0.0949. The van der Waals surface area contributed by atoms with Crippen molar-refractivity contribution in [3.8, 4) is 0 Å². The Morgan fingerprint density at radius 1 is 0.439 bits per heavy atom. The van der Waals surface area contributed by atoms with E-state index < -0.39 is 10.8 Å². The zero-order valence-electron chi connectivity index (χ0n) is 37.6. The second-order valence-corrected chi connectivity index (χ2v) is 18.9. The summed E-state index contributed by atoms with van der Waals surface area (Å²) in [7, 11) is 0. The lowest BCUT2D eigenvalue weighted by atomic mass is 9.73. The first-order valence-corrected chi connectivity index (χ1v) is 22.7. The average Bonchev–Trinajstić information content (AvgIpc) is 4.17. The molecule has 0 saturated carbocycles. The lowest BCUT2D eigenvalue weighted by Gasteiger charge is -2.29. The van der Waals surface area contributed by atoms with Crippen LogP contribution in [0.15, 0.2) is 167 Å². The molecule has 8 bridgehead atoms. The number of hydrogen-bond donors (Lipinski definition) is 2. The summed E-state index contributed by atoms with van der Waals surface area (Å²) in [6.45, 7) is 12.8. The maximum Gasteiger partial charge on any atom is 0.186 e. The number of ketones is 2. The molecule has 0 amide bonds.